The first-order chi connectivity index (χ1) is 14.5. The molecule has 3 rings (SSSR count). The minimum atomic E-state index is -0.617. The van der Waals surface area contributed by atoms with E-state index in [1.165, 1.54) is 14.2 Å². The lowest BCUT2D eigenvalue weighted by molar-refractivity contribution is -0.142. The summed E-state index contributed by atoms with van der Waals surface area (Å²) >= 11 is 0. The highest BCUT2D eigenvalue weighted by Crippen LogP contribution is 2.35. The van der Waals surface area contributed by atoms with Gasteiger partial charge in [0.15, 0.2) is 6.61 Å². The summed E-state index contributed by atoms with van der Waals surface area (Å²) in [5.41, 5.74) is 9.38. The molecule has 7 heteroatoms. The topological polar surface area (TPSA) is 95.9 Å². The Morgan fingerprint density at radius 2 is 1.83 bits per heavy atom. The average Bonchev–Trinajstić information content (AvgIpc) is 3.06. The number of amides is 1. The van der Waals surface area contributed by atoms with Gasteiger partial charge in [-0.05, 0) is 24.1 Å². The summed E-state index contributed by atoms with van der Waals surface area (Å²) in [5.74, 6) is -0.641. The first-order valence-corrected chi connectivity index (χ1v) is 9.66. The molecule has 2 aromatic carbocycles. The van der Waals surface area contributed by atoms with Gasteiger partial charge in [0.1, 0.15) is 11.5 Å². The van der Waals surface area contributed by atoms with E-state index in [9.17, 15) is 9.59 Å². The van der Waals surface area contributed by atoms with Crippen LogP contribution in [0.25, 0.3) is 10.9 Å². The van der Waals surface area contributed by atoms with E-state index in [0.29, 0.717) is 29.7 Å². The van der Waals surface area contributed by atoms with Crippen LogP contribution in [-0.2, 0) is 27.3 Å². The van der Waals surface area contributed by atoms with Crippen molar-refractivity contribution < 1.29 is 19.1 Å². The Balaban J connectivity index is 2.28. The highest BCUT2D eigenvalue weighted by atomic mass is 16.6. The fourth-order valence-corrected chi connectivity index (χ4v) is 3.65. The van der Waals surface area contributed by atoms with Crippen LogP contribution in [0.4, 0.5) is 0 Å². The first kappa shape index (κ1) is 21.1. The van der Waals surface area contributed by atoms with Crippen LogP contribution in [0.15, 0.2) is 53.5 Å². The molecular weight excluding hydrogens is 382 g/mol. The lowest BCUT2D eigenvalue weighted by atomic mass is 10.0. The SMILES string of the molecule is CCc1c(C(=NC)C(N)=O)c2c(OCC(=O)OC)cccc2n1Cc1ccccc1. The third kappa shape index (κ3) is 4.05. The predicted molar refractivity (Wildman–Crippen MR) is 116 cm³/mol. The van der Waals surface area contributed by atoms with Gasteiger partial charge in [-0.1, -0.05) is 43.3 Å². The second-order valence-corrected chi connectivity index (χ2v) is 6.70. The zero-order chi connectivity index (χ0) is 21.7. The molecular formula is C23H25N3O4. The van der Waals surface area contributed by atoms with Crippen LogP contribution in [0.3, 0.4) is 0 Å². The molecule has 0 saturated carbocycles. The Morgan fingerprint density at radius 3 is 2.43 bits per heavy atom. The number of hydrogen-bond acceptors (Lipinski definition) is 5. The van der Waals surface area contributed by atoms with Crippen molar-refractivity contribution in [1.29, 1.82) is 0 Å². The second-order valence-electron chi connectivity index (χ2n) is 6.70. The number of ether oxygens (including phenoxy) is 2. The van der Waals surface area contributed by atoms with Crippen molar-refractivity contribution in [3.8, 4) is 5.75 Å². The van der Waals surface area contributed by atoms with E-state index < -0.39 is 11.9 Å². The molecule has 0 aliphatic heterocycles. The lowest BCUT2D eigenvalue weighted by Crippen LogP contribution is -2.25. The molecule has 0 bridgehead atoms. The van der Waals surface area contributed by atoms with Gasteiger partial charge >= 0.3 is 5.97 Å². The minimum absolute atomic E-state index is 0.178. The fourth-order valence-electron chi connectivity index (χ4n) is 3.65. The largest absolute Gasteiger partial charge is 0.481 e. The van der Waals surface area contributed by atoms with Crippen molar-refractivity contribution in [3.63, 3.8) is 0 Å². The molecule has 0 unspecified atom stereocenters. The number of carbonyl (C=O) groups is 2. The van der Waals surface area contributed by atoms with Crippen LogP contribution < -0.4 is 10.5 Å². The molecule has 1 aromatic heterocycles. The standard InChI is InChI=1S/C23H25N3O4/c1-4-16-21(22(25-2)23(24)28)20-17(26(16)13-15-9-6-5-7-10-15)11-8-12-18(20)30-14-19(27)29-3/h5-12H,4,13-14H2,1-3H3,(H2,24,28). The lowest BCUT2D eigenvalue weighted by Gasteiger charge is -2.11. The van der Waals surface area contributed by atoms with Crippen LogP contribution in [-0.4, -0.2) is 42.9 Å². The van der Waals surface area contributed by atoms with Crippen LogP contribution >= 0.6 is 0 Å². The number of rotatable bonds is 8. The molecule has 7 nitrogen and oxygen atoms in total. The number of hydrogen-bond donors (Lipinski definition) is 1. The number of nitrogens with zero attached hydrogens (tertiary/aromatic N) is 2. The summed E-state index contributed by atoms with van der Waals surface area (Å²) < 4.78 is 12.6. The summed E-state index contributed by atoms with van der Waals surface area (Å²) in [6.07, 6.45) is 0.652. The number of fused-ring (bicyclic) bond motifs is 1. The van der Waals surface area contributed by atoms with E-state index in [2.05, 4.69) is 14.3 Å². The van der Waals surface area contributed by atoms with Gasteiger partial charge in [-0.15, -0.1) is 0 Å². The first-order valence-electron chi connectivity index (χ1n) is 9.66. The Bertz CT molecular complexity index is 1100. The number of primary amides is 1. The Hall–Kier alpha value is -3.61. The molecule has 3 aromatic rings. The Kier molecular flexibility index (Phi) is 6.51. The third-order valence-corrected chi connectivity index (χ3v) is 4.94. The number of carbonyl (C=O) groups excluding carboxylic acids is 2. The molecule has 0 spiro atoms. The van der Waals surface area contributed by atoms with Crippen molar-refractivity contribution in [3.05, 3.63) is 65.4 Å². The van der Waals surface area contributed by atoms with Gasteiger partial charge in [-0.2, -0.15) is 0 Å². The third-order valence-electron chi connectivity index (χ3n) is 4.94. The number of nitrogens with two attached hydrogens (primary N) is 1. The second kappa shape index (κ2) is 9.26. The van der Waals surface area contributed by atoms with E-state index in [-0.39, 0.29) is 12.3 Å². The van der Waals surface area contributed by atoms with Gasteiger partial charge in [-0.25, -0.2) is 4.79 Å². The van der Waals surface area contributed by atoms with Gasteiger partial charge in [0, 0.05) is 24.8 Å². The van der Waals surface area contributed by atoms with Crippen LogP contribution in [0.2, 0.25) is 0 Å². The highest BCUT2D eigenvalue weighted by molar-refractivity contribution is 6.47. The molecule has 0 aliphatic rings. The fraction of sp³-hybridized carbons (Fsp3) is 0.261. The Labute approximate surface area is 175 Å². The van der Waals surface area contributed by atoms with Crippen molar-refractivity contribution in [2.24, 2.45) is 10.7 Å². The zero-order valence-corrected chi connectivity index (χ0v) is 17.3. The number of aromatic nitrogens is 1. The Morgan fingerprint density at radius 1 is 1.10 bits per heavy atom. The maximum absolute atomic E-state index is 12.2. The minimum Gasteiger partial charge on any atom is -0.481 e. The van der Waals surface area contributed by atoms with Crippen molar-refractivity contribution in [2.45, 2.75) is 19.9 Å². The molecule has 156 valence electrons. The average molecular weight is 407 g/mol. The van der Waals surface area contributed by atoms with Crippen molar-refractivity contribution in [2.75, 3.05) is 20.8 Å². The van der Waals surface area contributed by atoms with Crippen molar-refractivity contribution in [1.82, 2.24) is 4.57 Å². The number of benzene rings is 2. The summed E-state index contributed by atoms with van der Waals surface area (Å²) in [6.45, 7) is 2.38. The van der Waals surface area contributed by atoms with Gasteiger partial charge < -0.3 is 19.8 Å². The number of methoxy groups -OCH3 is 1. The molecule has 0 saturated heterocycles. The molecule has 2 N–H and O–H groups in total. The maximum atomic E-state index is 12.2. The van der Waals surface area contributed by atoms with Gasteiger partial charge in [-0.3, -0.25) is 9.79 Å². The summed E-state index contributed by atoms with van der Waals surface area (Å²) in [6, 6.07) is 15.6. The smallest absolute Gasteiger partial charge is 0.343 e. The molecule has 0 fully saturated rings. The van der Waals surface area contributed by atoms with E-state index in [1.54, 1.807) is 6.07 Å². The summed E-state index contributed by atoms with van der Waals surface area (Å²) in [7, 11) is 2.84. The van der Waals surface area contributed by atoms with E-state index in [0.717, 1.165) is 16.8 Å². The number of esters is 1. The monoisotopic (exact) mass is 407 g/mol. The van der Waals surface area contributed by atoms with Gasteiger partial charge in [0.25, 0.3) is 5.91 Å². The highest BCUT2D eigenvalue weighted by Gasteiger charge is 2.25. The molecule has 1 heterocycles. The molecule has 0 radical (unpaired) electrons. The predicted octanol–water partition coefficient (Wildman–Crippen LogP) is 2.71. The molecule has 0 atom stereocenters. The van der Waals surface area contributed by atoms with Gasteiger partial charge in [0.2, 0.25) is 0 Å². The quantitative estimate of drug-likeness (QED) is 0.459. The zero-order valence-electron chi connectivity index (χ0n) is 17.3. The summed E-state index contributed by atoms with van der Waals surface area (Å²) in [4.78, 5) is 28.0. The number of aliphatic imine (C=N–C) groups is 1. The van der Waals surface area contributed by atoms with Crippen LogP contribution in [0, 0.1) is 0 Å². The summed E-state index contributed by atoms with van der Waals surface area (Å²) in [5, 5.41) is 0.702. The molecule has 0 aliphatic carbocycles. The molecule has 30 heavy (non-hydrogen) atoms. The van der Waals surface area contributed by atoms with Crippen molar-refractivity contribution >= 4 is 28.5 Å². The molecule has 1 amide bonds. The van der Waals surface area contributed by atoms with E-state index in [4.69, 9.17) is 10.5 Å². The van der Waals surface area contributed by atoms with E-state index >= 15 is 0 Å². The van der Waals surface area contributed by atoms with E-state index in [1.807, 2.05) is 49.4 Å². The van der Waals surface area contributed by atoms with Gasteiger partial charge in [0.05, 0.1) is 18.0 Å². The van der Waals surface area contributed by atoms with Crippen LogP contribution in [0.5, 0.6) is 5.75 Å². The normalized spacial score (nSPS) is 11.5. The van der Waals surface area contributed by atoms with Crippen LogP contribution in [0.1, 0.15) is 23.7 Å². The maximum Gasteiger partial charge on any atom is 0.343 e.